The molecule has 0 bridgehead atoms. The number of hydrogen-bond donors (Lipinski definition) is 0. The van der Waals surface area contributed by atoms with E-state index in [9.17, 15) is 0 Å². The number of aromatic nitrogens is 1. The standard InChI is InChI=1S/C22H27NOS/c1-3-5-7-8-17-10-12-18(13-11-17)21-16-20(23-24-21)22-15-14-19(25-22)9-6-4-2/h10-16H,3-9H2,1-2H3. The lowest BCUT2D eigenvalue weighted by atomic mass is 10.0. The van der Waals surface area contributed by atoms with Crippen LogP contribution in [0.15, 0.2) is 47.0 Å². The molecular formula is C22H27NOS. The van der Waals surface area contributed by atoms with Gasteiger partial charge in [0, 0.05) is 16.5 Å². The number of benzene rings is 1. The molecule has 0 aliphatic carbocycles. The van der Waals surface area contributed by atoms with Crippen LogP contribution in [0.3, 0.4) is 0 Å². The summed E-state index contributed by atoms with van der Waals surface area (Å²) in [6.07, 6.45) is 8.62. The van der Waals surface area contributed by atoms with E-state index in [2.05, 4.69) is 61.5 Å². The highest BCUT2D eigenvalue weighted by Crippen LogP contribution is 2.31. The van der Waals surface area contributed by atoms with Crippen molar-refractivity contribution in [3.63, 3.8) is 0 Å². The molecule has 2 aromatic heterocycles. The molecule has 25 heavy (non-hydrogen) atoms. The zero-order valence-corrected chi connectivity index (χ0v) is 16.1. The normalized spacial score (nSPS) is 11.1. The van der Waals surface area contributed by atoms with Crippen molar-refractivity contribution in [2.45, 2.75) is 58.8 Å². The monoisotopic (exact) mass is 353 g/mol. The Morgan fingerprint density at radius 3 is 2.44 bits per heavy atom. The van der Waals surface area contributed by atoms with Gasteiger partial charge in [0.25, 0.3) is 0 Å². The molecule has 132 valence electrons. The third-order valence-corrected chi connectivity index (χ3v) is 5.68. The van der Waals surface area contributed by atoms with Gasteiger partial charge < -0.3 is 4.52 Å². The summed E-state index contributed by atoms with van der Waals surface area (Å²) in [5.74, 6) is 0.846. The average molecular weight is 354 g/mol. The van der Waals surface area contributed by atoms with Crippen LogP contribution in [-0.4, -0.2) is 5.16 Å². The lowest BCUT2D eigenvalue weighted by molar-refractivity contribution is 0.435. The Bertz CT molecular complexity index is 769. The summed E-state index contributed by atoms with van der Waals surface area (Å²) >= 11 is 1.83. The third kappa shape index (κ3) is 4.82. The molecule has 0 amide bonds. The zero-order valence-electron chi connectivity index (χ0n) is 15.3. The number of aryl methyl sites for hydroxylation is 2. The van der Waals surface area contributed by atoms with Gasteiger partial charge in [-0.3, -0.25) is 0 Å². The van der Waals surface area contributed by atoms with Gasteiger partial charge in [0.1, 0.15) is 5.69 Å². The molecular weight excluding hydrogens is 326 g/mol. The van der Waals surface area contributed by atoms with E-state index < -0.39 is 0 Å². The largest absolute Gasteiger partial charge is 0.356 e. The molecule has 0 fully saturated rings. The quantitative estimate of drug-likeness (QED) is 0.382. The molecule has 2 heterocycles. The Morgan fingerprint density at radius 2 is 1.68 bits per heavy atom. The van der Waals surface area contributed by atoms with E-state index in [-0.39, 0.29) is 0 Å². The smallest absolute Gasteiger partial charge is 0.167 e. The van der Waals surface area contributed by atoms with Crippen molar-refractivity contribution in [2.75, 3.05) is 0 Å². The van der Waals surface area contributed by atoms with Crippen LogP contribution in [0.4, 0.5) is 0 Å². The molecule has 0 saturated heterocycles. The molecule has 2 nitrogen and oxygen atoms in total. The predicted octanol–water partition coefficient (Wildman–Crippen LogP) is 7.15. The highest BCUT2D eigenvalue weighted by atomic mass is 32.1. The second-order valence-electron chi connectivity index (χ2n) is 6.60. The van der Waals surface area contributed by atoms with Crippen LogP contribution in [0.2, 0.25) is 0 Å². The maximum atomic E-state index is 5.59. The van der Waals surface area contributed by atoms with Crippen molar-refractivity contribution < 1.29 is 4.52 Å². The van der Waals surface area contributed by atoms with E-state index in [1.807, 2.05) is 11.3 Å². The second kappa shape index (κ2) is 9.00. The molecule has 3 heteroatoms. The van der Waals surface area contributed by atoms with Crippen LogP contribution in [0.25, 0.3) is 21.9 Å². The molecule has 0 aliphatic heterocycles. The highest BCUT2D eigenvalue weighted by Gasteiger charge is 2.11. The van der Waals surface area contributed by atoms with Crippen molar-refractivity contribution in [2.24, 2.45) is 0 Å². The minimum Gasteiger partial charge on any atom is -0.356 e. The molecule has 0 saturated carbocycles. The molecule has 3 aromatic rings. The number of hydrogen-bond acceptors (Lipinski definition) is 3. The van der Waals surface area contributed by atoms with E-state index in [4.69, 9.17) is 4.52 Å². The van der Waals surface area contributed by atoms with Crippen LogP contribution < -0.4 is 0 Å². The van der Waals surface area contributed by atoms with E-state index in [0.717, 1.165) is 29.9 Å². The fraction of sp³-hybridized carbons (Fsp3) is 0.409. The van der Waals surface area contributed by atoms with Crippen molar-refractivity contribution in [1.82, 2.24) is 5.16 Å². The molecule has 0 atom stereocenters. The van der Waals surface area contributed by atoms with Crippen LogP contribution in [-0.2, 0) is 12.8 Å². The number of unbranched alkanes of at least 4 members (excludes halogenated alkanes) is 3. The number of thiophene rings is 1. The van der Waals surface area contributed by atoms with Crippen LogP contribution in [0, 0.1) is 0 Å². The Kier molecular flexibility index (Phi) is 6.46. The lowest BCUT2D eigenvalue weighted by Gasteiger charge is -2.01. The summed E-state index contributed by atoms with van der Waals surface area (Å²) in [4.78, 5) is 2.62. The molecule has 1 aromatic carbocycles. The zero-order chi connectivity index (χ0) is 17.5. The second-order valence-corrected chi connectivity index (χ2v) is 7.77. The molecule has 0 aliphatic rings. The van der Waals surface area contributed by atoms with Crippen LogP contribution in [0.5, 0.6) is 0 Å². The van der Waals surface area contributed by atoms with Gasteiger partial charge in [0.2, 0.25) is 0 Å². The fourth-order valence-corrected chi connectivity index (χ4v) is 3.94. The number of rotatable bonds is 9. The fourth-order valence-electron chi connectivity index (χ4n) is 2.94. The van der Waals surface area contributed by atoms with Crippen LogP contribution >= 0.6 is 11.3 Å². The van der Waals surface area contributed by atoms with Gasteiger partial charge in [-0.2, -0.15) is 0 Å². The summed E-state index contributed by atoms with van der Waals surface area (Å²) < 4.78 is 5.59. The Hall–Kier alpha value is -1.87. The van der Waals surface area contributed by atoms with Gasteiger partial charge in [-0.1, -0.05) is 62.5 Å². The Labute approximate surface area is 154 Å². The first kappa shape index (κ1) is 17.9. The van der Waals surface area contributed by atoms with E-state index in [1.165, 1.54) is 47.4 Å². The molecule has 0 spiro atoms. The molecule has 3 rings (SSSR count). The molecule has 0 radical (unpaired) electrons. The van der Waals surface area contributed by atoms with Gasteiger partial charge >= 0.3 is 0 Å². The summed E-state index contributed by atoms with van der Waals surface area (Å²) in [5.41, 5.74) is 3.44. The highest BCUT2D eigenvalue weighted by molar-refractivity contribution is 7.15. The summed E-state index contributed by atoms with van der Waals surface area (Å²) in [6, 6.07) is 15.1. The van der Waals surface area contributed by atoms with Crippen molar-refractivity contribution >= 4 is 11.3 Å². The van der Waals surface area contributed by atoms with Crippen molar-refractivity contribution in [1.29, 1.82) is 0 Å². The summed E-state index contributed by atoms with van der Waals surface area (Å²) in [6.45, 7) is 4.47. The number of nitrogens with zero attached hydrogens (tertiary/aromatic N) is 1. The first-order valence-electron chi connectivity index (χ1n) is 9.45. The minimum atomic E-state index is 0.846. The average Bonchev–Trinajstić information content (AvgIpc) is 3.30. The Morgan fingerprint density at radius 1 is 0.880 bits per heavy atom. The van der Waals surface area contributed by atoms with E-state index in [1.54, 1.807) is 0 Å². The van der Waals surface area contributed by atoms with Gasteiger partial charge in [-0.25, -0.2) is 0 Å². The molecule has 0 unspecified atom stereocenters. The summed E-state index contributed by atoms with van der Waals surface area (Å²) in [7, 11) is 0. The van der Waals surface area contributed by atoms with E-state index in [0.29, 0.717) is 0 Å². The van der Waals surface area contributed by atoms with Crippen LogP contribution in [0.1, 0.15) is 56.4 Å². The van der Waals surface area contributed by atoms with Gasteiger partial charge in [-0.05, 0) is 43.4 Å². The maximum absolute atomic E-state index is 5.59. The topological polar surface area (TPSA) is 26.0 Å². The maximum Gasteiger partial charge on any atom is 0.167 e. The van der Waals surface area contributed by atoms with Crippen molar-refractivity contribution in [3.8, 4) is 21.9 Å². The Balaban J connectivity index is 1.67. The van der Waals surface area contributed by atoms with Crippen molar-refractivity contribution in [3.05, 3.63) is 52.9 Å². The van der Waals surface area contributed by atoms with Gasteiger partial charge in [-0.15, -0.1) is 11.3 Å². The first-order chi connectivity index (χ1) is 12.3. The van der Waals surface area contributed by atoms with Gasteiger partial charge in [0.05, 0.1) is 4.88 Å². The first-order valence-corrected chi connectivity index (χ1v) is 10.3. The van der Waals surface area contributed by atoms with Gasteiger partial charge in [0.15, 0.2) is 5.76 Å². The lowest BCUT2D eigenvalue weighted by Crippen LogP contribution is -1.85. The molecule has 0 N–H and O–H groups in total. The van der Waals surface area contributed by atoms with E-state index >= 15 is 0 Å². The third-order valence-electron chi connectivity index (χ3n) is 4.51. The minimum absolute atomic E-state index is 0.846. The predicted molar refractivity (Wildman–Crippen MR) is 107 cm³/mol. The SMILES string of the molecule is CCCCCc1ccc(-c2cc(-c3ccc(CCCC)s3)no2)cc1. The summed E-state index contributed by atoms with van der Waals surface area (Å²) in [5, 5.41) is 4.27.